The first kappa shape index (κ1) is 23.4. The Labute approximate surface area is 174 Å². The van der Waals surface area contributed by atoms with Gasteiger partial charge in [-0.1, -0.05) is 55.5 Å². The van der Waals surface area contributed by atoms with E-state index in [4.69, 9.17) is 5.21 Å². The molecule has 1 heterocycles. The SMILES string of the molecule is CCCCCC#CC(CS(=O)(=O)N1CCC(c2ccc(C)cc2)CC1)C(=O)NO. The highest BCUT2D eigenvalue weighted by molar-refractivity contribution is 7.89. The van der Waals surface area contributed by atoms with Crippen LogP contribution >= 0.6 is 0 Å². The first-order valence-electron chi connectivity index (χ1n) is 10.3. The van der Waals surface area contributed by atoms with Crippen molar-refractivity contribution in [3.63, 3.8) is 0 Å². The molecule has 6 nitrogen and oxygen atoms in total. The Morgan fingerprint density at radius 2 is 1.90 bits per heavy atom. The molecule has 2 N–H and O–H groups in total. The van der Waals surface area contributed by atoms with E-state index in [0.29, 0.717) is 25.4 Å². The smallest absolute Gasteiger partial charge is 0.259 e. The molecule has 1 unspecified atom stereocenters. The molecule has 1 fully saturated rings. The summed E-state index contributed by atoms with van der Waals surface area (Å²) in [5, 5.41) is 8.96. The molecule has 1 aromatic carbocycles. The van der Waals surface area contributed by atoms with Crippen molar-refractivity contribution in [2.45, 2.75) is 58.3 Å². The number of unbranched alkanes of at least 4 members (excludes halogenated alkanes) is 3. The topological polar surface area (TPSA) is 86.7 Å². The van der Waals surface area contributed by atoms with Crippen molar-refractivity contribution in [2.24, 2.45) is 5.92 Å². The molecule has 7 heteroatoms. The lowest BCUT2D eigenvalue weighted by molar-refractivity contribution is -0.131. The van der Waals surface area contributed by atoms with Gasteiger partial charge in [-0.2, -0.15) is 0 Å². The van der Waals surface area contributed by atoms with Crippen molar-refractivity contribution in [1.29, 1.82) is 0 Å². The molecule has 0 aliphatic carbocycles. The van der Waals surface area contributed by atoms with Crippen LogP contribution in [0, 0.1) is 24.7 Å². The van der Waals surface area contributed by atoms with Crippen molar-refractivity contribution in [3.05, 3.63) is 35.4 Å². The number of nitrogens with one attached hydrogen (secondary N) is 1. The Kier molecular flexibility index (Phi) is 9.15. The number of hydrogen-bond acceptors (Lipinski definition) is 4. The van der Waals surface area contributed by atoms with Crippen LogP contribution in [0.15, 0.2) is 24.3 Å². The molecule has 0 aromatic heterocycles. The van der Waals surface area contributed by atoms with Gasteiger partial charge in [0.25, 0.3) is 5.91 Å². The van der Waals surface area contributed by atoms with Gasteiger partial charge in [-0.15, -0.1) is 5.92 Å². The molecule has 0 saturated carbocycles. The first-order chi connectivity index (χ1) is 13.9. The minimum Gasteiger partial charge on any atom is -0.289 e. The molecule has 1 aliphatic rings. The summed E-state index contributed by atoms with van der Waals surface area (Å²) >= 11 is 0. The Hall–Kier alpha value is -1.88. The number of amides is 1. The molecule has 160 valence electrons. The second-order valence-electron chi connectivity index (χ2n) is 7.67. The molecule has 0 spiro atoms. The number of carbonyl (C=O) groups excluding carboxylic acids is 1. The fraction of sp³-hybridized carbons (Fsp3) is 0.591. The second kappa shape index (κ2) is 11.3. The average molecular weight is 421 g/mol. The summed E-state index contributed by atoms with van der Waals surface area (Å²) in [4.78, 5) is 11.9. The molecule has 1 atom stereocenters. The Morgan fingerprint density at radius 1 is 1.24 bits per heavy atom. The number of aryl methyl sites for hydroxylation is 1. The zero-order valence-corrected chi connectivity index (χ0v) is 18.2. The van der Waals surface area contributed by atoms with Gasteiger partial charge < -0.3 is 0 Å². The molecule has 1 saturated heterocycles. The van der Waals surface area contributed by atoms with Gasteiger partial charge in [-0.05, 0) is 37.7 Å². The Bertz CT molecular complexity index is 817. The minimum absolute atomic E-state index is 0.344. The van der Waals surface area contributed by atoms with Gasteiger partial charge >= 0.3 is 0 Å². The summed E-state index contributed by atoms with van der Waals surface area (Å²) in [7, 11) is -3.64. The Morgan fingerprint density at radius 3 is 2.48 bits per heavy atom. The van der Waals surface area contributed by atoms with Crippen molar-refractivity contribution in [2.75, 3.05) is 18.8 Å². The number of carbonyl (C=O) groups is 1. The predicted molar refractivity (Wildman–Crippen MR) is 114 cm³/mol. The number of rotatable bonds is 8. The maximum atomic E-state index is 12.8. The molecule has 0 bridgehead atoms. The third kappa shape index (κ3) is 7.14. The van der Waals surface area contributed by atoms with E-state index in [-0.39, 0.29) is 0 Å². The molecule has 2 rings (SSSR count). The van der Waals surface area contributed by atoms with Gasteiger partial charge in [-0.3, -0.25) is 10.0 Å². The molecule has 1 aliphatic heterocycles. The van der Waals surface area contributed by atoms with Crippen LogP contribution in [-0.2, 0) is 14.8 Å². The molecule has 1 aromatic rings. The van der Waals surface area contributed by atoms with Crippen LogP contribution in [0.3, 0.4) is 0 Å². The van der Waals surface area contributed by atoms with E-state index in [1.807, 2.05) is 6.92 Å². The molecular formula is C22H32N2O4S. The van der Waals surface area contributed by atoms with Crippen LogP contribution < -0.4 is 5.48 Å². The van der Waals surface area contributed by atoms with E-state index in [2.05, 4.69) is 43.0 Å². The highest BCUT2D eigenvalue weighted by Gasteiger charge is 2.32. The average Bonchev–Trinajstić information content (AvgIpc) is 2.72. The minimum atomic E-state index is -3.64. The van der Waals surface area contributed by atoms with Gasteiger partial charge in [0.05, 0.1) is 5.75 Å². The predicted octanol–water partition coefficient (Wildman–Crippen LogP) is 3.21. The number of hydroxylamine groups is 1. The highest BCUT2D eigenvalue weighted by atomic mass is 32.2. The summed E-state index contributed by atoms with van der Waals surface area (Å²) in [6.07, 6.45) is 5.14. The van der Waals surface area contributed by atoms with Crippen molar-refractivity contribution in [3.8, 4) is 11.8 Å². The first-order valence-corrected chi connectivity index (χ1v) is 11.9. The van der Waals surface area contributed by atoms with E-state index >= 15 is 0 Å². The second-order valence-corrected chi connectivity index (χ2v) is 9.68. The van der Waals surface area contributed by atoms with Crippen molar-refractivity contribution in [1.82, 2.24) is 9.79 Å². The number of benzene rings is 1. The van der Waals surface area contributed by atoms with E-state index < -0.39 is 27.6 Å². The number of hydrogen-bond donors (Lipinski definition) is 2. The summed E-state index contributed by atoms with van der Waals surface area (Å²) < 4.78 is 27.1. The van der Waals surface area contributed by atoms with E-state index in [0.717, 1.165) is 32.1 Å². The zero-order valence-electron chi connectivity index (χ0n) is 17.4. The third-order valence-electron chi connectivity index (χ3n) is 5.38. The van der Waals surface area contributed by atoms with Crippen LogP contribution in [0.5, 0.6) is 0 Å². The van der Waals surface area contributed by atoms with Gasteiger partial charge in [0.15, 0.2) is 0 Å². The molecule has 29 heavy (non-hydrogen) atoms. The monoisotopic (exact) mass is 420 g/mol. The van der Waals surface area contributed by atoms with Gasteiger partial charge in [0.2, 0.25) is 10.0 Å². The van der Waals surface area contributed by atoms with Crippen LogP contribution in [0.4, 0.5) is 0 Å². The van der Waals surface area contributed by atoms with E-state index in [1.165, 1.54) is 15.4 Å². The van der Waals surface area contributed by atoms with Crippen LogP contribution in [0.2, 0.25) is 0 Å². The van der Waals surface area contributed by atoms with Gasteiger partial charge in [-0.25, -0.2) is 18.2 Å². The Balaban J connectivity index is 1.97. The normalized spacial score (nSPS) is 16.7. The lowest BCUT2D eigenvalue weighted by Gasteiger charge is -2.32. The molecule has 1 amide bonds. The lowest BCUT2D eigenvalue weighted by Crippen LogP contribution is -2.42. The molecular weight excluding hydrogens is 388 g/mol. The standard InChI is InChI=1S/C22H32N2O4S/c1-3-4-5-6-7-8-21(22(25)23-26)17-29(27,28)24-15-13-20(14-16-24)19-11-9-18(2)10-12-19/h9-12,20-21,26H,3-6,13-17H2,1-2H3,(H,23,25). The summed E-state index contributed by atoms with van der Waals surface area (Å²) in [6.45, 7) is 4.99. The largest absolute Gasteiger partial charge is 0.289 e. The zero-order chi connectivity index (χ0) is 21.3. The summed E-state index contributed by atoms with van der Waals surface area (Å²) in [5.41, 5.74) is 4.00. The third-order valence-corrected chi connectivity index (χ3v) is 7.29. The maximum Gasteiger partial charge on any atom is 0.259 e. The van der Waals surface area contributed by atoms with Crippen molar-refractivity contribution < 1.29 is 18.4 Å². The van der Waals surface area contributed by atoms with Gasteiger partial charge in [0.1, 0.15) is 5.92 Å². The molecule has 0 radical (unpaired) electrons. The number of sulfonamides is 1. The van der Waals surface area contributed by atoms with E-state index in [1.54, 1.807) is 5.48 Å². The van der Waals surface area contributed by atoms with Crippen LogP contribution in [-0.4, -0.2) is 42.7 Å². The summed E-state index contributed by atoms with van der Waals surface area (Å²) in [6, 6.07) is 8.38. The maximum absolute atomic E-state index is 12.8. The van der Waals surface area contributed by atoms with E-state index in [9.17, 15) is 13.2 Å². The fourth-order valence-electron chi connectivity index (χ4n) is 3.54. The number of piperidine rings is 1. The van der Waals surface area contributed by atoms with Gasteiger partial charge in [0, 0.05) is 19.5 Å². The van der Waals surface area contributed by atoms with Crippen LogP contribution in [0.25, 0.3) is 0 Å². The van der Waals surface area contributed by atoms with Crippen LogP contribution in [0.1, 0.15) is 62.5 Å². The summed E-state index contributed by atoms with van der Waals surface area (Å²) in [5.74, 6) is 3.72. The quantitative estimate of drug-likeness (QED) is 0.293. The highest BCUT2D eigenvalue weighted by Crippen LogP contribution is 2.29. The van der Waals surface area contributed by atoms with Crippen molar-refractivity contribution >= 4 is 15.9 Å². The lowest BCUT2D eigenvalue weighted by atomic mass is 9.90. The number of nitrogens with zero attached hydrogens (tertiary/aromatic N) is 1. The fourth-order valence-corrected chi connectivity index (χ4v) is 5.18.